The molecule has 1 aromatic carbocycles. The van der Waals surface area contributed by atoms with Crippen molar-refractivity contribution in [3.63, 3.8) is 0 Å². The van der Waals surface area contributed by atoms with Gasteiger partial charge in [-0.3, -0.25) is 9.59 Å². The summed E-state index contributed by atoms with van der Waals surface area (Å²) in [6, 6.07) is 10.5. The SMILES string of the molecule is C[C@@H]1C[C@H]1c1ccc(/C=N\NC(=O)c2n[nH]c(=O)c3ccccc23)o1. The molecule has 3 aromatic rings. The lowest BCUT2D eigenvalue weighted by Gasteiger charge is -2.02. The van der Waals surface area contributed by atoms with E-state index in [0.29, 0.717) is 28.4 Å². The number of hydrogen-bond donors (Lipinski definition) is 2. The first kappa shape index (κ1) is 15.3. The minimum absolute atomic E-state index is 0.110. The van der Waals surface area contributed by atoms with Crippen molar-refractivity contribution in [3.05, 3.63) is 64.0 Å². The molecule has 2 atom stereocenters. The van der Waals surface area contributed by atoms with Crippen LogP contribution in [0.3, 0.4) is 0 Å². The molecule has 126 valence electrons. The number of hydrazone groups is 1. The zero-order valence-electron chi connectivity index (χ0n) is 13.5. The molecule has 1 fully saturated rings. The topological polar surface area (TPSA) is 100 Å². The summed E-state index contributed by atoms with van der Waals surface area (Å²) in [7, 11) is 0. The Morgan fingerprint density at radius 1 is 1.32 bits per heavy atom. The maximum Gasteiger partial charge on any atom is 0.292 e. The second-order valence-corrected chi connectivity index (χ2v) is 6.21. The molecule has 4 rings (SSSR count). The van der Waals surface area contributed by atoms with E-state index in [1.165, 1.54) is 6.21 Å². The number of carbonyl (C=O) groups excluding carboxylic acids is 1. The van der Waals surface area contributed by atoms with E-state index >= 15 is 0 Å². The average Bonchev–Trinajstić information content (AvgIpc) is 3.16. The lowest BCUT2D eigenvalue weighted by atomic mass is 10.1. The van der Waals surface area contributed by atoms with Gasteiger partial charge in [-0.2, -0.15) is 10.2 Å². The van der Waals surface area contributed by atoms with Crippen LogP contribution >= 0.6 is 0 Å². The lowest BCUT2D eigenvalue weighted by Crippen LogP contribution is -2.22. The van der Waals surface area contributed by atoms with E-state index in [4.69, 9.17) is 4.42 Å². The molecule has 0 bridgehead atoms. The molecule has 0 aliphatic heterocycles. The molecule has 1 aliphatic carbocycles. The van der Waals surface area contributed by atoms with Crippen molar-refractivity contribution in [1.82, 2.24) is 15.6 Å². The van der Waals surface area contributed by atoms with Crippen LogP contribution in [0.15, 0.2) is 50.7 Å². The standard InChI is InChI=1S/C18H16N4O3/c1-10-8-14(10)15-7-6-11(25-15)9-19-21-18(24)16-12-4-2-3-5-13(12)17(23)22-20-16/h2-7,9-10,14H,8H2,1H3,(H,21,24)(H,22,23)/b19-9-/t10-,14-/m1/s1. The Kier molecular flexibility index (Phi) is 3.68. The number of nitrogens with zero attached hydrogens (tertiary/aromatic N) is 2. The van der Waals surface area contributed by atoms with Gasteiger partial charge in [0.1, 0.15) is 11.5 Å². The largest absolute Gasteiger partial charge is 0.460 e. The van der Waals surface area contributed by atoms with Gasteiger partial charge in [-0.05, 0) is 30.5 Å². The third-order valence-electron chi connectivity index (χ3n) is 4.39. The van der Waals surface area contributed by atoms with Gasteiger partial charge in [-0.15, -0.1) is 0 Å². The van der Waals surface area contributed by atoms with Crippen molar-refractivity contribution in [2.24, 2.45) is 11.0 Å². The van der Waals surface area contributed by atoms with Crippen molar-refractivity contribution in [1.29, 1.82) is 0 Å². The highest BCUT2D eigenvalue weighted by molar-refractivity contribution is 6.04. The number of furan rings is 1. The molecule has 7 heteroatoms. The number of rotatable bonds is 4. The molecule has 0 unspecified atom stereocenters. The zero-order chi connectivity index (χ0) is 17.4. The second kappa shape index (κ2) is 6.01. The van der Waals surface area contributed by atoms with E-state index in [1.807, 2.05) is 12.1 Å². The first-order valence-electron chi connectivity index (χ1n) is 8.04. The van der Waals surface area contributed by atoms with Crippen LogP contribution in [0.2, 0.25) is 0 Å². The van der Waals surface area contributed by atoms with Crippen LogP contribution in [0.5, 0.6) is 0 Å². The highest BCUT2D eigenvalue weighted by atomic mass is 16.3. The van der Waals surface area contributed by atoms with Crippen LogP contribution in [0, 0.1) is 5.92 Å². The summed E-state index contributed by atoms with van der Waals surface area (Å²) in [6.07, 6.45) is 2.59. The predicted molar refractivity (Wildman–Crippen MR) is 92.7 cm³/mol. The molecule has 2 N–H and O–H groups in total. The van der Waals surface area contributed by atoms with Crippen LogP contribution in [-0.4, -0.2) is 22.3 Å². The van der Waals surface area contributed by atoms with Gasteiger partial charge in [-0.25, -0.2) is 10.5 Å². The Balaban J connectivity index is 1.50. The molecular formula is C18H16N4O3. The van der Waals surface area contributed by atoms with E-state index in [9.17, 15) is 9.59 Å². The molecular weight excluding hydrogens is 320 g/mol. The van der Waals surface area contributed by atoms with Crippen molar-refractivity contribution in [2.45, 2.75) is 19.3 Å². The molecule has 25 heavy (non-hydrogen) atoms. The van der Waals surface area contributed by atoms with Gasteiger partial charge in [-0.1, -0.05) is 25.1 Å². The number of carbonyl (C=O) groups is 1. The van der Waals surface area contributed by atoms with E-state index in [1.54, 1.807) is 24.3 Å². The molecule has 2 heterocycles. The van der Waals surface area contributed by atoms with Gasteiger partial charge in [0.15, 0.2) is 5.69 Å². The van der Waals surface area contributed by atoms with E-state index in [2.05, 4.69) is 27.6 Å². The zero-order valence-corrected chi connectivity index (χ0v) is 13.5. The fourth-order valence-electron chi connectivity index (χ4n) is 2.85. The van der Waals surface area contributed by atoms with Crippen molar-refractivity contribution in [3.8, 4) is 0 Å². The highest BCUT2D eigenvalue weighted by Crippen LogP contribution is 2.47. The van der Waals surface area contributed by atoms with E-state index in [0.717, 1.165) is 12.2 Å². The summed E-state index contributed by atoms with van der Waals surface area (Å²) in [5.41, 5.74) is 2.18. The summed E-state index contributed by atoms with van der Waals surface area (Å²) < 4.78 is 5.69. The van der Waals surface area contributed by atoms with Crippen LogP contribution < -0.4 is 11.0 Å². The van der Waals surface area contributed by atoms with Gasteiger partial charge in [0.05, 0.1) is 11.6 Å². The number of nitrogens with one attached hydrogen (secondary N) is 2. The Hall–Kier alpha value is -3.22. The first-order chi connectivity index (χ1) is 12.1. The summed E-state index contributed by atoms with van der Waals surface area (Å²) in [5, 5.41) is 10.9. The average molecular weight is 336 g/mol. The first-order valence-corrected chi connectivity index (χ1v) is 8.04. The maximum atomic E-state index is 12.3. The van der Waals surface area contributed by atoms with Gasteiger partial charge in [0.25, 0.3) is 11.5 Å². The second-order valence-electron chi connectivity index (χ2n) is 6.21. The molecule has 7 nitrogen and oxygen atoms in total. The molecule has 0 radical (unpaired) electrons. The van der Waals surface area contributed by atoms with Crippen LogP contribution in [-0.2, 0) is 0 Å². The highest BCUT2D eigenvalue weighted by Gasteiger charge is 2.36. The van der Waals surface area contributed by atoms with Gasteiger partial charge in [0, 0.05) is 11.3 Å². The number of amides is 1. The predicted octanol–water partition coefficient (Wildman–Crippen LogP) is 2.40. The summed E-state index contributed by atoms with van der Waals surface area (Å²) in [5.74, 6) is 2.18. The monoisotopic (exact) mass is 336 g/mol. The van der Waals surface area contributed by atoms with Crippen molar-refractivity contribution in [2.75, 3.05) is 0 Å². The lowest BCUT2D eigenvalue weighted by molar-refractivity contribution is 0.0951. The van der Waals surface area contributed by atoms with Gasteiger partial charge < -0.3 is 4.42 Å². The number of benzene rings is 1. The Bertz CT molecular complexity index is 1030. The summed E-state index contributed by atoms with van der Waals surface area (Å²) >= 11 is 0. The molecule has 1 aliphatic rings. The Morgan fingerprint density at radius 2 is 2.08 bits per heavy atom. The van der Waals surface area contributed by atoms with Crippen molar-refractivity contribution < 1.29 is 9.21 Å². The summed E-state index contributed by atoms with van der Waals surface area (Å²) in [6.45, 7) is 2.18. The van der Waals surface area contributed by atoms with Crippen LogP contribution in [0.1, 0.15) is 41.3 Å². The fourth-order valence-corrected chi connectivity index (χ4v) is 2.85. The normalized spacial score (nSPS) is 19.4. The summed E-state index contributed by atoms with van der Waals surface area (Å²) in [4.78, 5) is 24.0. The molecule has 0 saturated heterocycles. The van der Waals surface area contributed by atoms with Crippen LogP contribution in [0.25, 0.3) is 10.8 Å². The fraction of sp³-hybridized carbons (Fsp3) is 0.222. The third kappa shape index (κ3) is 2.96. The number of H-pyrrole nitrogens is 1. The van der Waals surface area contributed by atoms with Crippen molar-refractivity contribution >= 4 is 22.9 Å². The van der Waals surface area contributed by atoms with E-state index < -0.39 is 5.91 Å². The molecule has 0 spiro atoms. The minimum Gasteiger partial charge on any atom is -0.460 e. The molecule has 1 amide bonds. The van der Waals surface area contributed by atoms with Crippen LogP contribution in [0.4, 0.5) is 0 Å². The Morgan fingerprint density at radius 3 is 2.84 bits per heavy atom. The van der Waals surface area contributed by atoms with E-state index in [-0.39, 0.29) is 11.3 Å². The number of aromatic amines is 1. The number of aromatic nitrogens is 2. The third-order valence-corrected chi connectivity index (χ3v) is 4.39. The number of hydrogen-bond acceptors (Lipinski definition) is 5. The number of fused-ring (bicyclic) bond motifs is 1. The maximum absolute atomic E-state index is 12.3. The minimum atomic E-state index is -0.508. The quantitative estimate of drug-likeness (QED) is 0.564. The van der Waals surface area contributed by atoms with Gasteiger partial charge >= 0.3 is 0 Å². The molecule has 2 aromatic heterocycles. The Labute approximate surface area is 142 Å². The van der Waals surface area contributed by atoms with Gasteiger partial charge in [0.2, 0.25) is 0 Å². The smallest absolute Gasteiger partial charge is 0.292 e. The molecule has 1 saturated carbocycles.